The van der Waals surface area contributed by atoms with Crippen LogP contribution in [0.5, 0.6) is 0 Å². The number of amides is 1. The molecule has 0 spiro atoms. The van der Waals surface area contributed by atoms with Crippen LogP contribution in [0.4, 0.5) is 5.13 Å². The van der Waals surface area contributed by atoms with Gasteiger partial charge in [-0.05, 0) is 45.6 Å². The second kappa shape index (κ2) is 8.07. The lowest BCUT2D eigenvalue weighted by atomic mass is 10.0. The largest absolute Gasteiger partial charge is 0.301 e. The van der Waals surface area contributed by atoms with Crippen LogP contribution in [0.1, 0.15) is 47.6 Å². The number of thiazole rings is 1. The molecule has 1 N–H and O–H groups in total. The van der Waals surface area contributed by atoms with Crippen LogP contribution in [-0.2, 0) is 17.6 Å². The van der Waals surface area contributed by atoms with E-state index in [-0.39, 0.29) is 5.91 Å². The van der Waals surface area contributed by atoms with Crippen LogP contribution in [0.2, 0.25) is 0 Å². The molecule has 0 bridgehead atoms. The first-order valence-corrected chi connectivity index (χ1v) is 10.1. The molecule has 3 rings (SSSR count). The van der Waals surface area contributed by atoms with Crippen molar-refractivity contribution >= 4 is 34.1 Å². The summed E-state index contributed by atoms with van der Waals surface area (Å²) in [6.07, 6.45) is 7.13. The Morgan fingerprint density at radius 3 is 2.58 bits per heavy atom. The van der Waals surface area contributed by atoms with Gasteiger partial charge in [0.2, 0.25) is 5.91 Å². The molecule has 0 unspecified atom stereocenters. The predicted octanol–water partition coefficient (Wildman–Crippen LogP) is 3.94. The molecule has 128 valence electrons. The topological polar surface area (TPSA) is 67.8 Å². The summed E-state index contributed by atoms with van der Waals surface area (Å²) in [6.45, 7) is 3.87. The Balaban J connectivity index is 1.57. The zero-order valence-corrected chi connectivity index (χ0v) is 15.7. The number of anilines is 1. The van der Waals surface area contributed by atoms with Crippen LogP contribution < -0.4 is 5.32 Å². The molecule has 2 heterocycles. The molecule has 1 amide bonds. The number of carbonyl (C=O) groups excluding carboxylic acids is 1. The Labute approximate surface area is 150 Å². The van der Waals surface area contributed by atoms with Gasteiger partial charge in [-0.1, -0.05) is 24.6 Å². The van der Waals surface area contributed by atoms with Crippen molar-refractivity contribution in [3.8, 4) is 0 Å². The van der Waals surface area contributed by atoms with Crippen molar-refractivity contribution in [2.75, 3.05) is 11.1 Å². The quantitative estimate of drug-likeness (QED) is 0.659. The molecule has 0 fully saturated rings. The molecule has 0 radical (unpaired) electrons. The van der Waals surface area contributed by atoms with E-state index in [0.29, 0.717) is 10.9 Å². The van der Waals surface area contributed by atoms with E-state index >= 15 is 0 Å². The number of aromatic nitrogens is 3. The molecular weight excluding hydrogens is 340 g/mol. The SMILES string of the molecule is Cc1cc(C)nc(SCC(=O)Nc2nc3c(s2)CCCCCC3)n1. The van der Waals surface area contributed by atoms with Crippen molar-refractivity contribution in [2.24, 2.45) is 0 Å². The smallest absolute Gasteiger partial charge is 0.236 e. The number of hydrogen-bond donors (Lipinski definition) is 1. The number of aryl methyl sites for hydroxylation is 4. The van der Waals surface area contributed by atoms with Gasteiger partial charge in [0.1, 0.15) is 0 Å². The molecule has 24 heavy (non-hydrogen) atoms. The predicted molar refractivity (Wildman–Crippen MR) is 98.8 cm³/mol. The summed E-state index contributed by atoms with van der Waals surface area (Å²) >= 11 is 2.99. The first-order chi connectivity index (χ1) is 11.6. The van der Waals surface area contributed by atoms with Gasteiger partial charge >= 0.3 is 0 Å². The first-order valence-electron chi connectivity index (χ1n) is 8.33. The lowest BCUT2D eigenvalue weighted by Crippen LogP contribution is -2.14. The van der Waals surface area contributed by atoms with Crippen LogP contribution in [0.25, 0.3) is 0 Å². The summed E-state index contributed by atoms with van der Waals surface area (Å²) in [6, 6.07) is 1.93. The number of hydrogen-bond acceptors (Lipinski definition) is 6. The minimum atomic E-state index is -0.0514. The van der Waals surface area contributed by atoms with Crippen molar-refractivity contribution < 1.29 is 4.79 Å². The Bertz CT molecular complexity index is 684. The minimum absolute atomic E-state index is 0.0514. The Morgan fingerprint density at radius 1 is 1.12 bits per heavy atom. The van der Waals surface area contributed by atoms with Gasteiger partial charge in [0, 0.05) is 16.3 Å². The molecule has 0 saturated heterocycles. The summed E-state index contributed by atoms with van der Waals surface area (Å²) in [5, 5.41) is 4.31. The van der Waals surface area contributed by atoms with E-state index < -0.39 is 0 Å². The van der Waals surface area contributed by atoms with E-state index in [1.807, 2.05) is 19.9 Å². The van der Waals surface area contributed by atoms with Crippen molar-refractivity contribution in [3.05, 3.63) is 28.0 Å². The molecule has 0 saturated carbocycles. The number of fused-ring (bicyclic) bond motifs is 1. The Kier molecular flexibility index (Phi) is 5.84. The van der Waals surface area contributed by atoms with E-state index in [1.165, 1.54) is 48.0 Å². The summed E-state index contributed by atoms with van der Waals surface area (Å²) in [7, 11) is 0. The molecule has 0 aliphatic heterocycles. The third kappa shape index (κ3) is 4.77. The molecule has 2 aromatic rings. The van der Waals surface area contributed by atoms with Gasteiger partial charge in [-0.2, -0.15) is 0 Å². The number of thioether (sulfide) groups is 1. The maximum atomic E-state index is 12.2. The van der Waals surface area contributed by atoms with Gasteiger partial charge in [-0.3, -0.25) is 4.79 Å². The first kappa shape index (κ1) is 17.4. The Morgan fingerprint density at radius 2 is 1.83 bits per heavy atom. The van der Waals surface area contributed by atoms with Gasteiger partial charge in [-0.25, -0.2) is 15.0 Å². The summed E-state index contributed by atoms with van der Waals surface area (Å²) in [5.74, 6) is 0.247. The third-order valence-corrected chi connectivity index (χ3v) is 5.81. The zero-order chi connectivity index (χ0) is 16.9. The fourth-order valence-corrected chi connectivity index (χ4v) is 4.62. The van der Waals surface area contributed by atoms with E-state index in [1.54, 1.807) is 11.3 Å². The summed E-state index contributed by atoms with van der Waals surface area (Å²) < 4.78 is 0. The molecule has 0 aromatic carbocycles. The van der Waals surface area contributed by atoms with Gasteiger partial charge in [0.05, 0.1) is 11.4 Å². The zero-order valence-electron chi connectivity index (χ0n) is 14.1. The lowest BCUT2D eigenvalue weighted by Gasteiger charge is -2.06. The molecule has 2 aromatic heterocycles. The highest BCUT2D eigenvalue weighted by Crippen LogP contribution is 2.28. The van der Waals surface area contributed by atoms with Crippen molar-refractivity contribution in [1.82, 2.24) is 15.0 Å². The average molecular weight is 363 g/mol. The standard InChI is InChI=1S/C17H22N4OS2/c1-11-9-12(2)19-16(18-11)23-10-15(22)21-17-20-13-7-5-3-4-6-8-14(13)24-17/h9H,3-8,10H2,1-2H3,(H,20,21,22). The third-order valence-electron chi connectivity index (χ3n) is 3.89. The van der Waals surface area contributed by atoms with Crippen LogP contribution >= 0.6 is 23.1 Å². The second-order valence-corrected chi connectivity index (χ2v) is 8.10. The number of rotatable bonds is 4. The lowest BCUT2D eigenvalue weighted by molar-refractivity contribution is -0.113. The van der Waals surface area contributed by atoms with Crippen molar-refractivity contribution in [2.45, 2.75) is 57.5 Å². The minimum Gasteiger partial charge on any atom is -0.301 e. The van der Waals surface area contributed by atoms with E-state index in [4.69, 9.17) is 0 Å². The van der Waals surface area contributed by atoms with E-state index in [2.05, 4.69) is 20.3 Å². The van der Waals surface area contributed by atoms with Gasteiger partial charge in [0.15, 0.2) is 10.3 Å². The highest BCUT2D eigenvalue weighted by atomic mass is 32.2. The van der Waals surface area contributed by atoms with Gasteiger partial charge < -0.3 is 5.32 Å². The molecule has 5 nitrogen and oxygen atoms in total. The highest BCUT2D eigenvalue weighted by molar-refractivity contribution is 7.99. The highest BCUT2D eigenvalue weighted by Gasteiger charge is 2.15. The summed E-state index contributed by atoms with van der Waals surface area (Å²) in [4.78, 5) is 26.8. The maximum Gasteiger partial charge on any atom is 0.236 e. The Hall–Kier alpha value is -1.47. The molecule has 7 heteroatoms. The average Bonchev–Trinajstić information content (AvgIpc) is 2.85. The second-order valence-electron chi connectivity index (χ2n) is 6.07. The van der Waals surface area contributed by atoms with Crippen LogP contribution in [0.15, 0.2) is 11.2 Å². The van der Waals surface area contributed by atoms with Crippen LogP contribution in [0.3, 0.4) is 0 Å². The summed E-state index contributed by atoms with van der Waals surface area (Å²) in [5.41, 5.74) is 3.02. The molecule has 1 aliphatic carbocycles. The monoisotopic (exact) mass is 362 g/mol. The molecular formula is C17H22N4OS2. The molecule has 0 atom stereocenters. The van der Waals surface area contributed by atoms with Crippen molar-refractivity contribution in [1.29, 1.82) is 0 Å². The maximum absolute atomic E-state index is 12.2. The molecule has 1 aliphatic rings. The number of nitrogens with zero attached hydrogens (tertiary/aromatic N) is 3. The van der Waals surface area contributed by atoms with Crippen molar-refractivity contribution in [3.63, 3.8) is 0 Å². The number of carbonyl (C=O) groups is 1. The number of nitrogens with one attached hydrogen (secondary N) is 1. The van der Waals surface area contributed by atoms with E-state index in [0.717, 1.165) is 29.4 Å². The fourth-order valence-electron chi connectivity index (χ4n) is 2.80. The van der Waals surface area contributed by atoms with Crippen LogP contribution in [-0.4, -0.2) is 26.6 Å². The van der Waals surface area contributed by atoms with Gasteiger partial charge in [0.25, 0.3) is 0 Å². The van der Waals surface area contributed by atoms with Crippen LogP contribution in [0, 0.1) is 13.8 Å². The fraction of sp³-hybridized carbons (Fsp3) is 0.529. The van der Waals surface area contributed by atoms with E-state index in [9.17, 15) is 4.79 Å². The normalized spacial score (nSPS) is 14.6. The van der Waals surface area contributed by atoms with Gasteiger partial charge in [-0.15, -0.1) is 11.3 Å².